The molecule has 1 fully saturated rings. The van der Waals surface area contributed by atoms with Crippen molar-refractivity contribution in [2.45, 2.75) is 11.3 Å². The summed E-state index contributed by atoms with van der Waals surface area (Å²) in [5.41, 5.74) is 0. The first-order chi connectivity index (χ1) is 15.9. The fourth-order valence-electron chi connectivity index (χ4n) is 4.29. The number of carbonyl (C=O) groups is 2. The van der Waals surface area contributed by atoms with Crippen LogP contribution >= 0.6 is 113 Å². The van der Waals surface area contributed by atoms with Gasteiger partial charge in [-0.3, -0.25) is 14.1 Å². The molecular weight excluding hydrogens is 1030 g/mol. The van der Waals surface area contributed by atoms with E-state index in [-0.39, 0.29) is 29.6 Å². The number of carbonyl (C=O) groups excluding carboxylic acids is 2. The summed E-state index contributed by atoms with van der Waals surface area (Å²) in [6.07, 6.45) is 4.56. The van der Waals surface area contributed by atoms with Crippen molar-refractivity contribution in [3.63, 3.8) is 0 Å². The number of rotatable bonds is 5. The number of hydrogen-bond donors (Lipinski definition) is 1. The first-order valence-electron chi connectivity index (χ1n) is 9.59. The second-order valence-corrected chi connectivity index (χ2v) is 15.0. The summed E-state index contributed by atoms with van der Waals surface area (Å²) in [5.74, 6) is -2.06. The minimum atomic E-state index is -4.42. The molecule has 34 heavy (non-hydrogen) atoms. The average Bonchev–Trinajstić information content (AvgIpc) is 3.30. The molecule has 180 valence electrons. The number of esters is 2. The van der Waals surface area contributed by atoms with E-state index in [1.54, 1.807) is 45.2 Å². The SMILES string of the molecule is O=C(Oc1cc(I)c(S(=O)(=O)O)c(I)c1)C1C2C=CC(C2)C1C(=O)Oc1c(I)cc(I)cc1I. The highest BCUT2D eigenvalue weighted by atomic mass is 127. The van der Waals surface area contributed by atoms with E-state index in [0.29, 0.717) is 12.2 Å². The van der Waals surface area contributed by atoms with Gasteiger partial charge >= 0.3 is 11.9 Å². The average molecular weight is 1040 g/mol. The van der Waals surface area contributed by atoms with Crippen LogP contribution < -0.4 is 9.47 Å². The summed E-state index contributed by atoms with van der Waals surface area (Å²) in [6.45, 7) is 0. The lowest BCUT2D eigenvalue weighted by Gasteiger charge is -2.25. The zero-order valence-corrected chi connectivity index (χ0v) is 28.3. The van der Waals surface area contributed by atoms with Crippen LogP contribution in [0.2, 0.25) is 0 Å². The third kappa shape index (κ3) is 5.73. The smallest absolute Gasteiger partial charge is 0.315 e. The molecule has 2 bridgehead atoms. The maximum Gasteiger partial charge on any atom is 0.315 e. The van der Waals surface area contributed by atoms with Gasteiger partial charge in [-0.05, 0) is 155 Å². The second kappa shape index (κ2) is 10.8. The van der Waals surface area contributed by atoms with Crippen LogP contribution in [0.5, 0.6) is 11.5 Å². The minimum absolute atomic E-state index is 0.114. The van der Waals surface area contributed by atoms with Gasteiger partial charge in [-0.25, -0.2) is 0 Å². The lowest BCUT2D eigenvalue weighted by molar-refractivity contribution is -0.151. The molecule has 2 aliphatic carbocycles. The maximum atomic E-state index is 13.3. The molecule has 4 unspecified atom stereocenters. The Balaban J connectivity index is 1.58. The van der Waals surface area contributed by atoms with E-state index in [9.17, 15) is 22.6 Å². The Hall–Kier alpha value is 0.680. The summed E-state index contributed by atoms with van der Waals surface area (Å²) in [4.78, 5) is 26.2. The standard InChI is InChI=1S/C21H13I5O7S/c22-10-4-12(23)18(13(24)5-10)33-21(28)17-9-2-1-8(3-9)16(17)20(27)32-11-6-14(25)19(15(26)7-11)34(29,30)31/h1-2,4-9,16-17H,3H2,(H,29,30,31). The van der Waals surface area contributed by atoms with Gasteiger partial charge in [-0.15, -0.1) is 0 Å². The van der Waals surface area contributed by atoms with Gasteiger partial charge < -0.3 is 9.47 Å². The monoisotopic (exact) mass is 1040 g/mol. The number of hydrogen-bond acceptors (Lipinski definition) is 6. The lowest BCUT2D eigenvalue weighted by atomic mass is 9.83. The third-order valence-corrected chi connectivity index (χ3v) is 11.2. The van der Waals surface area contributed by atoms with Crippen LogP contribution in [0.1, 0.15) is 6.42 Å². The molecule has 2 aliphatic rings. The fourth-order valence-corrected chi connectivity index (χ4v) is 12.1. The van der Waals surface area contributed by atoms with Crippen molar-refractivity contribution < 1.29 is 32.0 Å². The predicted octanol–water partition coefficient (Wildman–Crippen LogP) is 5.91. The van der Waals surface area contributed by atoms with Gasteiger partial charge in [0.1, 0.15) is 10.6 Å². The summed E-state index contributed by atoms with van der Waals surface area (Å²) in [7, 11) is -4.42. The van der Waals surface area contributed by atoms with Gasteiger partial charge in [0.25, 0.3) is 10.1 Å². The Labute approximate surface area is 264 Å². The van der Waals surface area contributed by atoms with E-state index in [2.05, 4.69) is 67.8 Å². The van der Waals surface area contributed by atoms with E-state index in [1.807, 2.05) is 24.3 Å². The molecule has 1 N–H and O–H groups in total. The number of halogens is 5. The van der Waals surface area contributed by atoms with Gasteiger partial charge in [-0.2, -0.15) is 8.42 Å². The van der Waals surface area contributed by atoms with Crippen LogP contribution in [0.4, 0.5) is 0 Å². The molecule has 4 atom stereocenters. The highest BCUT2D eigenvalue weighted by Crippen LogP contribution is 2.49. The molecule has 0 radical (unpaired) electrons. The molecule has 2 aromatic carbocycles. The van der Waals surface area contributed by atoms with Crippen molar-refractivity contribution in [2.75, 3.05) is 0 Å². The number of allylic oxidation sites excluding steroid dienone is 2. The Morgan fingerprint density at radius 1 is 0.794 bits per heavy atom. The summed E-state index contributed by atoms with van der Waals surface area (Å²) >= 11 is 9.98. The highest BCUT2D eigenvalue weighted by Gasteiger charge is 2.53. The first kappa shape index (κ1) is 27.7. The Morgan fingerprint density at radius 2 is 1.26 bits per heavy atom. The van der Waals surface area contributed by atoms with Crippen LogP contribution in [0, 0.1) is 41.5 Å². The predicted molar refractivity (Wildman–Crippen MR) is 165 cm³/mol. The minimum Gasteiger partial charge on any atom is -0.426 e. The van der Waals surface area contributed by atoms with Crippen LogP contribution in [-0.4, -0.2) is 24.9 Å². The summed E-state index contributed by atoms with van der Waals surface area (Å²) in [5, 5.41) is 0. The molecule has 0 aromatic heterocycles. The van der Waals surface area contributed by atoms with Crippen molar-refractivity contribution in [3.05, 3.63) is 54.3 Å². The molecule has 4 rings (SSSR count). The zero-order chi connectivity index (χ0) is 24.9. The van der Waals surface area contributed by atoms with E-state index >= 15 is 0 Å². The first-order valence-corrected chi connectivity index (χ1v) is 16.4. The molecule has 13 heteroatoms. The van der Waals surface area contributed by atoms with Crippen molar-refractivity contribution in [1.29, 1.82) is 0 Å². The van der Waals surface area contributed by atoms with Crippen LogP contribution in [0.15, 0.2) is 41.3 Å². The van der Waals surface area contributed by atoms with E-state index in [0.717, 1.165) is 10.7 Å². The van der Waals surface area contributed by atoms with Crippen LogP contribution in [0.3, 0.4) is 0 Å². The molecule has 0 amide bonds. The summed E-state index contributed by atoms with van der Waals surface area (Å²) in [6, 6.07) is 6.57. The second-order valence-electron chi connectivity index (χ2n) is 7.73. The van der Waals surface area contributed by atoms with E-state index < -0.39 is 33.9 Å². The normalized spacial score (nSPS) is 23.2. The Morgan fingerprint density at radius 3 is 1.74 bits per heavy atom. The largest absolute Gasteiger partial charge is 0.426 e. The lowest BCUT2D eigenvalue weighted by Crippen LogP contribution is -2.37. The molecular formula is C21H13I5O7S. The van der Waals surface area contributed by atoms with Crippen LogP contribution in [0.25, 0.3) is 0 Å². The van der Waals surface area contributed by atoms with Crippen LogP contribution in [-0.2, 0) is 19.7 Å². The molecule has 0 aliphatic heterocycles. The van der Waals surface area contributed by atoms with Crippen molar-refractivity contribution in [1.82, 2.24) is 0 Å². The van der Waals surface area contributed by atoms with Crippen molar-refractivity contribution in [2.24, 2.45) is 23.7 Å². The number of fused-ring (bicyclic) bond motifs is 2. The number of benzene rings is 2. The molecule has 7 nitrogen and oxygen atoms in total. The van der Waals surface area contributed by atoms with E-state index in [1.165, 1.54) is 12.1 Å². The van der Waals surface area contributed by atoms with Crippen molar-refractivity contribution >= 4 is 135 Å². The summed E-state index contributed by atoms with van der Waals surface area (Å²) < 4.78 is 47.2. The van der Waals surface area contributed by atoms with Gasteiger partial charge in [0, 0.05) is 10.7 Å². The third-order valence-electron chi connectivity index (χ3n) is 5.62. The maximum absolute atomic E-state index is 13.3. The number of ether oxygens (including phenoxy) is 2. The van der Waals surface area contributed by atoms with Crippen molar-refractivity contribution in [3.8, 4) is 11.5 Å². The zero-order valence-electron chi connectivity index (χ0n) is 16.7. The van der Waals surface area contributed by atoms with Gasteiger partial charge in [0.05, 0.1) is 19.0 Å². The van der Waals surface area contributed by atoms with Gasteiger partial charge in [-0.1, -0.05) is 12.2 Å². The quantitative estimate of drug-likeness (QED) is 0.131. The fraction of sp³-hybridized carbons (Fsp3) is 0.238. The molecule has 0 spiro atoms. The topological polar surface area (TPSA) is 107 Å². The molecule has 1 saturated carbocycles. The van der Waals surface area contributed by atoms with Gasteiger partial charge in [0.15, 0.2) is 5.75 Å². The Kier molecular flexibility index (Phi) is 8.81. The molecule has 0 heterocycles. The Bertz CT molecular complexity index is 1300. The molecule has 2 aromatic rings. The molecule has 0 saturated heterocycles. The van der Waals surface area contributed by atoms with Gasteiger partial charge in [0.2, 0.25) is 0 Å². The highest BCUT2D eigenvalue weighted by molar-refractivity contribution is 14.1. The van der Waals surface area contributed by atoms with E-state index in [4.69, 9.17) is 9.47 Å².